The zero-order valence-electron chi connectivity index (χ0n) is 13.3. The lowest BCUT2D eigenvalue weighted by atomic mass is 10.2. The normalized spacial score (nSPS) is 14.0. The van der Waals surface area contributed by atoms with E-state index in [-0.39, 0.29) is 0 Å². The molecule has 1 saturated carbocycles. The van der Waals surface area contributed by atoms with Crippen molar-refractivity contribution in [2.24, 2.45) is 0 Å². The molecule has 0 saturated heterocycles. The minimum absolute atomic E-state index is 0.574. The van der Waals surface area contributed by atoms with Crippen LogP contribution in [0, 0.1) is 0 Å². The van der Waals surface area contributed by atoms with E-state index >= 15 is 0 Å². The largest absolute Gasteiger partial charge is 0.493 e. The minimum Gasteiger partial charge on any atom is -0.493 e. The van der Waals surface area contributed by atoms with Crippen LogP contribution in [0.2, 0.25) is 0 Å². The zero-order valence-corrected chi connectivity index (χ0v) is 13.3. The summed E-state index contributed by atoms with van der Waals surface area (Å²) in [7, 11) is 0. The Hall–Kier alpha value is -1.48. The van der Waals surface area contributed by atoms with Crippen LogP contribution in [0.4, 0.5) is 0 Å². The molecule has 116 valence electrons. The molecule has 1 fully saturated rings. The molecule has 0 aromatic heterocycles. The van der Waals surface area contributed by atoms with E-state index in [2.05, 4.69) is 31.8 Å². The second-order valence-electron chi connectivity index (χ2n) is 5.67. The van der Waals surface area contributed by atoms with Gasteiger partial charge in [-0.05, 0) is 37.3 Å². The third kappa shape index (κ3) is 5.43. The third-order valence-corrected chi connectivity index (χ3v) is 3.60. The standard InChI is InChI=1S/C18H27NO2/c1-4-10-20-17-9-6-15(12-19-16-7-8-16)18(11-17)21-13-14(3)5-2/h6,9,11,16,19H,3-5,7-8,10,12-13H2,1-2H3. The molecule has 0 amide bonds. The molecular weight excluding hydrogens is 262 g/mol. The van der Waals surface area contributed by atoms with Crippen molar-refractivity contribution in [1.29, 1.82) is 0 Å². The van der Waals surface area contributed by atoms with E-state index in [0.29, 0.717) is 12.6 Å². The van der Waals surface area contributed by atoms with Crippen LogP contribution in [0.1, 0.15) is 45.1 Å². The molecule has 1 aliphatic carbocycles. The van der Waals surface area contributed by atoms with Gasteiger partial charge in [0.2, 0.25) is 0 Å². The van der Waals surface area contributed by atoms with Crippen molar-refractivity contribution in [2.45, 2.75) is 52.1 Å². The minimum atomic E-state index is 0.574. The van der Waals surface area contributed by atoms with Crippen LogP contribution in [0.5, 0.6) is 11.5 Å². The predicted molar refractivity (Wildman–Crippen MR) is 87.0 cm³/mol. The monoisotopic (exact) mass is 289 g/mol. The summed E-state index contributed by atoms with van der Waals surface area (Å²) in [6, 6.07) is 6.83. The van der Waals surface area contributed by atoms with Crippen LogP contribution < -0.4 is 14.8 Å². The van der Waals surface area contributed by atoms with E-state index in [1.54, 1.807) is 0 Å². The highest BCUT2D eigenvalue weighted by atomic mass is 16.5. The quantitative estimate of drug-likeness (QED) is 0.659. The molecule has 0 unspecified atom stereocenters. The van der Waals surface area contributed by atoms with Gasteiger partial charge in [0.15, 0.2) is 0 Å². The molecule has 1 N–H and O–H groups in total. The Labute approximate surface area is 128 Å². The van der Waals surface area contributed by atoms with Gasteiger partial charge in [0.25, 0.3) is 0 Å². The van der Waals surface area contributed by atoms with Gasteiger partial charge in [-0.2, -0.15) is 0 Å². The van der Waals surface area contributed by atoms with Gasteiger partial charge in [-0.25, -0.2) is 0 Å². The number of rotatable bonds is 10. The van der Waals surface area contributed by atoms with Gasteiger partial charge in [0.05, 0.1) is 6.61 Å². The Morgan fingerprint density at radius 1 is 1.29 bits per heavy atom. The van der Waals surface area contributed by atoms with Crippen LogP contribution in [0.25, 0.3) is 0 Å². The van der Waals surface area contributed by atoms with E-state index in [1.807, 2.05) is 12.1 Å². The van der Waals surface area contributed by atoms with Crippen molar-refractivity contribution in [1.82, 2.24) is 5.32 Å². The summed E-state index contributed by atoms with van der Waals surface area (Å²) in [5.74, 6) is 1.79. The number of ether oxygens (including phenoxy) is 2. The van der Waals surface area contributed by atoms with Crippen molar-refractivity contribution in [3.63, 3.8) is 0 Å². The molecule has 0 aliphatic heterocycles. The molecule has 0 radical (unpaired) electrons. The Morgan fingerprint density at radius 2 is 2.10 bits per heavy atom. The van der Waals surface area contributed by atoms with Crippen molar-refractivity contribution in [3.8, 4) is 11.5 Å². The Morgan fingerprint density at radius 3 is 2.76 bits per heavy atom. The molecule has 2 rings (SSSR count). The first kappa shape index (κ1) is 15.9. The fraction of sp³-hybridized carbons (Fsp3) is 0.556. The van der Waals surface area contributed by atoms with Gasteiger partial charge in [0, 0.05) is 24.2 Å². The van der Waals surface area contributed by atoms with Crippen LogP contribution in [0.15, 0.2) is 30.4 Å². The average molecular weight is 289 g/mol. The first-order valence-corrected chi connectivity index (χ1v) is 8.01. The lowest BCUT2D eigenvalue weighted by Crippen LogP contribution is -2.16. The van der Waals surface area contributed by atoms with Gasteiger partial charge in [-0.1, -0.05) is 26.5 Å². The van der Waals surface area contributed by atoms with Crippen molar-refractivity contribution in [2.75, 3.05) is 13.2 Å². The summed E-state index contributed by atoms with van der Waals surface area (Å²) in [4.78, 5) is 0. The van der Waals surface area contributed by atoms with E-state index in [0.717, 1.165) is 43.1 Å². The maximum atomic E-state index is 5.94. The molecule has 1 aromatic carbocycles. The molecule has 0 heterocycles. The van der Waals surface area contributed by atoms with Gasteiger partial charge >= 0.3 is 0 Å². The smallest absolute Gasteiger partial charge is 0.127 e. The van der Waals surface area contributed by atoms with Gasteiger partial charge in [-0.15, -0.1) is 0 Å². The van der Waals surface area contributed by atoms with E-state index < -0.39 is 0 Å². The molecule has 0 atom stereocenters. The first-order valence-electron chi connectivity index (χ1n) is 8.01. The molecule has 0 bridgehead atoms. The highest BCUT2D eigenvalue weighted by Crippen LogP contribution is 2.27. The van der Waals surface area contributed by atoms with E-state index in [1.165, 1.54) is 18.4 Å². The Balaban J connectivity index is 2.02. The molecule has 3 heteroatoms. The predicted octanol–water partition coefficient (Wildman–Crippen LogP) is 4.07. The Bertz CT molecular complexity index is 466. The Kier molecular flexibility index (Phi) is 6.12. The van der Waals surface area contributed by atoms with Crippen LogP contribution in [-0.2, 0) is 6.54 Å². The summed E-state index contributed by atoms with van der Waals surface area (Å²) >= 11 is 0. The van der Waals surface area contributed by atoms with Gasteiger partial charge < -0.3 is 14.8 Å². The number of nitrogens with one attached hydrogen (secondary N) is 1. The second kappa shape index (κ2) is 8.08. The van der Waals surface area contributed by atoms with Crippen molar-refractivity contribution < 1.29 is 9.47 Å². The van der Waals surface area contributed by atoms with Crippen molar-refractivity contribution >= 4 is 0 Å². The topological polar surface area (TPSA) is 30.5 Å². The maximum absolute atomic E-state index is 5.94. The summed E-state index contributed by atoms with van der Waals surface area (Å²) in [6.45, 7) is 10.4. The van der Waals surface area contributed by atoms with Gasteiger partial charge in [-0.3, -0.25) is 0 Å². The SMILES string of the molecule is C=C(CC)COc1cc(OCCC)ccc1CNC1CC1. The van der Waals surface area contributed by atoms with Gasteiger partial charge in [0.1, 0.15) is 18.1 Å². The number of benzene rings is 1. The third-order valence-electron chi connectivity index (χ3n) is 3.60. The molecule has 1 aliphatic rings. The molecule has 1 aromatic rings. The lowest BCUT2D eigenvalue weighted by Gasteiger charge is -2.15. The summed E-state index contributed by atoms with van der Waals surface area (Å²) in [6.07, 6.45) is 4.54. The second-order valence-corrected chi connectivity index (χ2v) is 5.67. The van der Waals surface area contributed by atoms with E-state index in [4.69, 9.17) is 9.47 Å². The average Bonchev–Trinajstić information content (AvgIpc) is 3.33. The summed E-state index contributed by atoms with van der Waals surface area (Å²) in [5, 5.41) is 3.53. The molecule has 21 heavy (non-hydrogen) atoms. The van der Waals surface area contributed by atoms with Crippen LogP contribution in [-0.4, -0.2) is 19.3 Å². The fourth-order valence-electron chi connectivity index (χ4n) is 1.95. The number of hydrogen-bond donors (Lipinski definition) is 1. The number of hydrogen-bond acceptors (Lipinski definition) is 3. The molecular formula is C18H27NO2. The zero-order chi connectivity index (χ0) is 15.1. The highest BCUT2D eigenvalue weighted by Gasteiger charge is 2.20. The van der Waals surface area contributed by atoms with Crippen LogP contribution in [0.3, 0.4) is 0 Å². The molecule has 0 spiro atoms. The lowest BCUT2D eigenvalue weighted by molar-refractivity contribution is 0.309. The summed E-state index contributed by atoms with van der Waals surface area (Å²) < 4.78 is 11.6. The summed E-state index contributed by atoms with van der Waals surface area (Å²) in [5.41, 5.74) is 2.30. The van der Waals surface area contributed by atoms with E-state index in [9.17, 15) is 0 Å². The molecule has 3 nitrogen and oxygen atoms in total. The first-order chi connectivity index (χ1) is 10.2. The maximum Gasteiger partial charge on any atom is 0.127 e. The fourth-order valence-corrected chi connectivity index (χ4v) is 1.95. The highest BCUT2D eigenvalue weighted by molar-refractivity contribution is 5.41. The van der Waals surface area contributed by atoms with Crippen LogP contribution >= 0.6 is 0 Å². The van der Waals surface area contributed by atoms with Crippen molar-refractivity contribution in [3.05, 3.63) is 35.9 Å².